The lowest BCUT2D eigenvalue weighted by Gasteiger charge is -2.39. The quantitative estimate of drug-likeness (QED) is 0.537. The van der Waals surface area contributed by atoms with Crippen molar-refractivity contribution in [2.45, 2.75) is 69.7 Å². The summed E-state index contributed by atoms with van der Waals surface area (Å²) >= 11 is 0. The SMILES string of the molecule is O=C(NCC1CCCO1)C(c1ccccc1)N(C(=O)Cn1nnc2ccccc21)C1CCCCC1. The van der Waals surface area contributed by atoms with Crippen LogP contribution in [0, 0.1) is 0 Å². The highest BCUT2D eigenvalue weighted by Gasteiger charge is 2.37. The molecule has 1 N–H and O–H groups in total. The van der Waals surface area contributed by atoms with E-state index in [-0.39, 0.29) is 30.5 Å². The second kappa shape index (κ2) is 11.0. The third-order valence-corrected chi connectivity index (χ3v) is 7.13. The van der Waals surface area contributed by atoms with Crippen LogP contribution in [0.15, 0.2) is 54.6 Å². The Kier molecular flexibility index (Phi) is 7.37. The molecular weight excluding hydrogens is 442 g/mol. The number of carbonyl (C=O) groups excluding carboxylic acids is 2. The zero-order valence-electron chi connectivity index (χ0n) is 20.0. The summed E-state index contributed by atoms with van der Waals surface area (Å²) in [6, 6.07) is 16.6. The molecule has 1 saturated heterocycles. The van der Waals surface area contributed by atoms with E-state index in [2.05, 4.69) is 15.6 Å². The number of fused-ring (bicyclic) bond motifs is 1. The van der Waals surface area contributed by atoms with Gasteiger partial charge in [-0.3, -0.25) is 9.59 Å². The number of rotatable bonds is 8. The van der Waals surface area contributed by atoms with E-state index < -0.39 is 6.04 Å². The molecule has 2 unspecified atom stereocenters. The Labute approximate surface area is 205 Å². The Hall–Kier alpha value is -3.26. The maximum absolute atomic E-state index is 14.0. The van der Waals surface area contributed by atoms with Gasteiger partial charge in [-0.15, -0.1) is 5.10 Å². The number of amides is 2. The summed E-state index contributed by atoms with van der Waals surface area (Å²) in [6.07, 6.45) is 7.06. The molecule has 1 aromatic heterocycles. The Morgan fingerprint density at radius 3 is 2.54 bits per heavy atom. The van der Waals surface area contributed by atoms with Crippen LogP contribution >= 0.6 is 0 Å². The molecule has 3 aromatic rings. The molecule has 184 valence electrons. The van der Waals surface area contributed by atoms with Gasteiger partial charge in [-0.1, -0.05) is 66.9 Å². The van der Waals surface area contributed by atoms with E-state index in [1.165, 1.54) is 0 Å². The minimum absolute atomic E-state index is 0.00437. The topological polar surface area (TPSA) is 89.4 Å². The van der Waals surface area contributed by atoms with Crippen molar-refractivity contribution in [3.63, 3.8) is 0 Å². The van der Waals surface area contributed by atoms with E-state index in [4.69, 9.17) is 4.74 Å². The van der Waals surface area contributed by atoms with E-state index in [9.17, 15) is 9.59 Å². The Bertz CT molecular complexity index is 1140. The summed E-state index contributed by atoms with van der Waals surface area (Å²) in [5, 5.41) is 11.5. The van der Waals surface area contributed by atoms with Gasteiger partial charge in [0, 0.05) is 19.2 Å². The van der Waals surface area contributed by atoms with E-state index in [0.29, 0.717) is 6.54 Å². The third-order valence-electron chi connectivity index (χ3n) is 7.13. The Morgan fingerprint density at radius 2 is 1.77 bits per heavy atom. The molecule has 35 heavy (non-hydrogen) atoms. The molecule has 0 bridgehead atoms. The number of ether oxygens (including phenoxy) is 1. The molecule has 0 spiro atoms. The number of para-hydroxylation sites is 1. The van der Waals surface area contributed by atoms with Gasteiger partial charge < -0.3 is 15.0 Å². The fourth-order valence-corrected chi connectivity index (χ4v) is 5.35. The summed E-state index contributed by atoms with van der Waals surface area (Å²) in [5.41, 5.74) is 2.38. The lowest BCUT2D eigenvalue weighted by molar-refractivity contribution is -0.145. The van der Waals surface area contributed by atoms with Gasteiger partial charge in [-0.25, -0.2) is 4.68 Å². The van der Waals surface area contributed by atoms with Crippen LogP contribution < -0.4 is 5.32 Å². The van der Waals surface area contributed by atoms with Crippen molar-refractivity contribution in [2.75, 3.05) is 13.2 Å². The number of nitrogens with zero attached hydrogens (tertiary/aromatic N) is 4. The standard InChI is InChI=1S/C27H33N5O3/c33-25(19-31-24-16-8-7-15-23(24)29-30-31)32(21-12-5-2-6-13-21)26(20-10-3-1-4-11-20)27(34)28-18-22-14-9-17-35-22/h1,3-4,7-8,10-11,15-16,21-22,26H,2,5-6,9,12-14,17-19H2,(H,28,34). The summed E-state index contributed by atoms with van der Waals surface area (Å²) in [7, 11) is 0. The van der Waals surface area contributed by atoms with Crippen LogP contribution in [0.5, 0.6) is 0 Å². The summed E-state index contributed by atoms with van der Waals surface area (Å²) in [5.74, 6) is -0.275. The number of hydrogen-bond donors (Lipinski definition) is 1. The van der Waals surface area contributed by atoms with Gasteiger partial charge in [0.25, 0.3) is 0 Å². The minimum atomic E-state index is -0.706. The second-order valence-electron chi connectivity index (χ2n) is 9.52. The Balaban J connectivity index is 1.45. The van der Waals surface area contributed by atoms with Crippen LogP contribution in [0.1, 0.15) is 56.6 Å². The monoisotopic (exact) mass is 475 g/mol. The predicted octanol–water partition coefficient (Wildman–Crippen LogP) is 3.63. The maximum atomic E-state index is 14.0. The second-order valence-corrected chi connectivity index (χ2v) is 9.52. The minimum Gasteiger partial charge on any atom is -0.376 e. The van der Waals surface area contributed by atoms with Gasteiger partial charge >= 0.3 is 0 Å². The van der Waals surface area contributed by atoms with Crippen molar-refractivity contribution in [3.8, 4) is 0 Å². The molecule has 2 amide bonds. The van der Waals surface area contributed by atoms with Crippen LogP contribution in [0.4, 0.5) is 0 Å². The lowest BCUT2D eigenvalue weighted by atomic mass is 9.91. The van der Waals surface area contributed by atoms with Crippen molar-refractivity contribution in [2.24, 2.45) is 0 Å². The summed E-state index contributed by atoms with van der Waals surface area (Å²) in [4.78, 5) is 29.5. The highest BCUT2D eigenvalue weighted by atomic mass is 16.5. The lowest BCUT2D eigenvalue weighted by Crippen LogP contribution is -2.51. The average Bonchev–Trinajstić information content (AvgIpc) is 3.57. The molecule has 1 aliphatic carbocycles. The first-order valence-electron chi connectivity index (χ1n) is 12.7. The van der Waals surface area contributed by atoms with Crippen molar-refractivity contribution < 1.29 is 14.3 Å². The molecule has 8 nitrogen and oxygen atoms in total. The fraction of sp³-hybridized carbons (Fsp3) is 0.481. The largest absolute Gasteiger partial charge is 0.376 e. The van der Waals surface area contributed by atoms with Crippen molar-refractivity contribution in [1.29, 1.82) is 0 Å². The van der Waals surface area contributed by atoms with E-state index >= 15 is 0 Å². The summed E-state index contributed by atoms with van der Waals surface area (Å²) < 4.78 is 7.35. The zero-order valence-corrected chi connectivity index (χ0v) is 20.0. The number of nitrogens with one attached hydrogen (secondary N) is 1. The number of carbonyl (C=O) groups is 2. The van der Waals surface area contributed by atoms with Gasteiger partial charge in [-0.2, -0.15) is 0 Å². The van der Waals surface area contributed by atoms with Crippen LogP contribution in [0.2, 0.25) is 0 Å². The number of aromatic nitrogens is 3. The molecule has 0 radical (unpaired) electrons. The highest BCUT2D eigenvalue weighted by molar-refractivity contribution is 5.89. The van der Waals surface area contributed by atoms with Crippen LogP contribution in [-0.4, -0.2) is 57.0 Å². The number of benzene rings is 2. The number of hydrogen-bond acceptors (Lipinski definition) is 5. The predicted molar refractivity (Wildman–Crippen MR) is 132 cm³/mol. The Morgan fingerprint density at radius 1 is 1.00 bits per heavy atom. The van der Waals surface area contributed by atoms with Gasteiger partial charge in [0.05, 0.1) is 11.6 Å². The molecule has 1 aliphatic heterocycles. The van der Waals surface area contributed by atoms with E-state index in [0.717, 1.165) is 68.1 Å². The average molecular weight is 476 g/mol. The molecule has 2 aromatic carbocycles. The maximum Gasteiger partial charge on any atom is 0.247 e. The molecule has 8 heteroatoms. The molecule has 5 rings (SSSR count). The first-order valence-corrected chi connectivity index (χ1v) is 12.7. The zero-order chi connectivity index (χ0) is 24.0. The van der Waals surface area contributed by atoms with E-state index in [1.54, 1.807) is 4.68 Å². The smallest absolute Gasteiger partial charge is 0.247 e. The van der Waals surface area contributed by atoms with Gasteiger partial charge in [0.1, 0.15) is 18.1 Å². The van der Waals surface area contributed by atoms with Crippen molar-refractivity contribution >= 4 is 22.8 Å². The van der Waals surface area contributed by atoms with Crippen LogP contribution in [-0.2, 0) is 20.9 Å². The molecular formula is C27H33N5O3. The first-order chi connectivity index (χ1) is 17.2. The highest BCUT2D eigenvalue weighted by Crippen LogP contribution is 2.31. The molecule has 2 fully saturated rings. The van der Waals surface area contributed by atoms with Crippen LogP contribution in [0.3, 0.4) is 0 Å². The van der Waals surface area contributed by atoms with Crippen molar-refractivity contribution in [1.82, 2.24) is 25.2 Å². The van der Waals surface area contributed by atoms with E-state index in [1.807, 2.05) is 59.5 Å². The van der Waals surface area contributed by atoms with Gasteiger partial charge in [0.15, 0.2) is 0 Å². The fourth-order valence-electron chi connectivity index (χ4n) is 5.35. The molecule has 2 atom stereocenters. The van der Waals surface area contributed by atoms with Gasteiger partial charge in [0.2, 0.25) is 11.8 Å². The third kappa shape index (κ3) is 5.37. The summed E-state index contributed by atoms with van der Waals surface area (Å²) in [6.45, 7) is 1.24. The molecule has 1 saturated carbocycles. The molecule has 2 aliphatic rings. The molecule has 2 heterocycles. The van der Waals surface area contributed by atoms with Crippen LogP contribution in [0.25, 0.3) is 11.0 Å². The van der Waals surface area contributed by atoms with Crippen molar-refractivity contribution in [3.05, 3.63) is 60.2 Å². The van der Waals surface area contributed by atoms with Gasteiger partial charge in [-0.05, 0) is 43.4 Å². The first kappa shape index (κ1) is 23.5. The normalized spacial score (nSPS) is 19.5.